The Balaban J connectivity index is 1.73. The minimum Gasteiger partial charge on any atom is -0.464 e. The highest BCUT2D eigenvalue weighted by molar-refractivity contribution is 5.87. The summed E-state index contributed by atoms with van der Waals surface area (Å²) in [6.07, 6.45) is 9.84. The molecule has 0 spiro atoms. The monoisotopic (exact) mass is 260 g/mol. The van der Waals surface area contributed by atoms with Gasteiger partial charge in [-0.25, -0.2) is 4.98 Å². The maximum absolute atomic E-state index is 10.6. The van der Waals surface area contributed by atoms with E-state index in [4.69, 9.17) is 4.42 Å². The summed E-state index contributed by atoms with van der Waals surface area (Å²) in [6.45, 7) is 0.560. The van der Waals surface area contributed by atoms with Crippen molar-refractivity contribution < 1.29 is 9.52 Å². The predicted molar refractivity (Wildman–Crippen MR) is 75.2 cm³/mol. The highest BCUT2D eigenvalue weighted by atomic mass is 16.3. The summed E-state index contributed by atoms with van der Waals surface area (Å²) in [5.41, 5.74) is 0.231. The molecule has 1 saturated carbocycles. The van der Waals surface area contributed by atoms with Crippen LogP contribution in [0.15, 0.2) is 29.0 Å². The summed E-state index contributed by atoms with van der Waals surface area (Å²) in [5, 5.41) is 14.9. The lowest BCUT2D eigenvalue weighted by molar-refractivity contribution is 0.0381. The number of pyridine rings is 1. The van der Waals surface area contributed by atoms with Crippen LogP contribution in [0.4, 0.5) is 5.82 Å². The second-order valence-electron chi connectivity index (χ2n) is 5.48. The normalized spacial score (nSPS) is 19.2. The Hall–Kier alpha value is -1.55. The van der Waals surface area contributed by atoms with Crippen LogP contribution in [-0.4, -0.2) is 22.2 Å². The molecule has 0 radical (unpaired) electrons. The van der Waals surface area contributed by atoms with E-state index in [1.165, 1.54) is 12.8 Å². The first kappa shape index (κ1) is 12.5. The first-order valence-electron chi connectivity index (χ1n) is 7.05. The topological polar surface area (TPSA) is 58.3 Å². The molecular formula is C15H20N2O2. The standard InChI is InChI=1S/C15H20N2O2/c18-15(7-3-1-2-4-8-15)11-17-14-12-6-10-19-13(12)5-9-16-14/h5-6,9-10,18H,1-4,7-8,11H2,(H,16,17). The van der Waals surface area contributed by atoms with E-state index in [0.717, 1.165) is 42.5 Å². The Bertz CT molecular complexity index is 542. The molecule has 0 saturated heterocycles. The van der Waals surface area contributed by atoms with Gasteiger partial charge >= 0.3 is 0 Å². The van der Waals surface area contributed by atoms with E-state index in [1.807, 2.05) is 12.1 Å². The van der Waals surface area contributed by atoms with Crippen molar-refractivity contribution in [2.75, 3.05) is 11.9 Å². The maximum Gasteiger partial charge on any atom is 0.139 e. The molecule has 3 rings (SSSR count). The van der Waals surface area contributed by atoms with Gasteiger partial charge in [0, 0.05) is 12.7 Å². The van der Waals surface area contributed by atoms with Crippen LogP contribution in [0.3, 0.4) is 0 Å². The number of aliphatic hydroxyl groups is 1. The molecule has 0 aromatic carbocycles. The van der Waals surface area contributed by atoms with Crippen LogP contribution in [0.25, 0.3) is 11.0 Å². The highest BCUT2D eigenvalue weighted by Crippen LogP contribution is 2.28. The molecule has 0 atom stereocenters. The summed E-state index contributed by atoms with van der Waals surface area (Å²) in [7, 11) is 0. The maximum atomic E-state index is 10.6. The third kappa shape index (κ3) is 2.73. The van der Waals surface area contributed by atoms with Gasteiger partial charge in [0.05, 0.1) is 17.3 Å². The second kappa shape index (κ2) is 5.21. The zero-order valence-electron chi connectivity index (χ0n) is 11.1. The first-order valence-corrected chi connectivity index (χ1v) is 7.05. The highest BCUT2D eigenvalue weighted by Gasteiger charge is 2.27. The van der Waals surface area contributed by atoms with E-state index < -0.39 is 5.60 Å². The lowest BCUT2D eigenvalue weighted by Gasteiger charge is -2.27. The fourth-order valence-corrected chi connectivity index (χ4v) is 2.85. The van der Waals surface area contributed by atoms with Crippen molar-refractivity contribution in [2.45, 2.75) is 44.1 Å². The third-order valence-corrected chi connectivity index (χ3v) is 4.00. The van der Waals surface area contributed by atoms with Crippen molar-refractivity contribution in [3.05, 3.63) is 24.6 Å². The number of nitrogens with one attached hydrogen (secondary N) is 1. The zero-order valence-corrected chi connectivity index (χ0v) is 11.1. The Morgan fingerprint density at radius 1 is 1.21 bits per heavy atom. The minimum atomic E-state index is -0.593. The molecule has 2 heterocycles. The molecule has 0 amide bonds. The quantitative estimate of drug-likeness (QED) is 0.831. The average Bonchev–Trinajstić information content (AvgIpc) is 2.80. The number of nitrogens with zero attached hydrogens (tertiary/aromatic N) is 1. The van der Waals surface area contributed by atoms with Gasteiger partial charge in [-0.3, -0.25) is 0 Å². The van der Waals surface area contributed by atoms with Crippen molar-refractivity contribution >= 4 is 16.8 Å². The van der Waals surface area contributed by atoms with Crippen molar-refractivity contribution in [1.29, 1.82) is 0 Å². The largest absolute Gasteiger partial charge is 0.464 e. The number of hydrogen-bond acceptors (Lipinski definition) is 4. The van der Waals surface area contributed by atoms with E-state index in [-0.39, 0.29) is 0 Å². The summed E-state index contributed by atoms with van der Waals surface area (Å²) < 4.78 is 5.35. The summed E-state index contributed by atoms with van der Waals surface area (Å²) >= 11 is 0. The van der Waals surface area contributed by atoms with Gasteiger partial charge in [0.2, 0.25) is 0 Å². The van der Waals surface area contributed by atoms with Gasteiger partial charge in [0.1, 0.15) is 11.4 Å². The van der Waals surface area contributed by atoms with E-state index in [2.05, 4.69) is 10.3 Å². The molecule has 4 heteroatoms. The van der Waals surface area contributed by atoms with Crippen LogP contribution in [0.1, 0.15) is 38.5 Å². The van der Waals surface area contributed by atoms with E-state index in [0.29, 0.717) is 6.54 Å². The summed E-state index contributed by atoms with van der Waals surface area (Å²) in [6, 6.07) is 3.75. The number of hydrogen-bond donors (Lipinski definition) is 2. The Labute approximate surface area is 112 Å². The number of rotatable bonds is 3. The van der Waals surface area contributed by atoms with Crippen LogP contribution in [0.5, 0.6) is 0 Å². The lowest BCUT2D eigenvalue weighted by atomic mass is 9.94. The van der Waals surface area contributed by atoms with Crippen LogP contribution in [-0.2, 0) is 0 Å². The number of furan rings is 1. The molecular weight excluding hydrogens is 240 g/mol. The SMILES string of the molecule is OC1(CNc2nccc3occc23)CCCCCC1. The van der Waals surface area contributed by atoms with Crippen molar-refractivity contribution in [2.24, 2.45) is 0 Å². The van der Waals surface area contributed by atoms with Gasteiger partial charge in [-0.15, -0.1) is 0 Å². The van der Waals surface area contributed by atoms with Gasteiger partial charge in [-0.1, -0.05) is 25.7 Å². The molecule has 1 fully saturated rings. The van der Waals surface area contributed by atoms with Gasteiger partial charge in [0.25, 0.3) is 0 Å². The van der Waals surface area contributed by atoms with Gasteiger partial charge < -0.3 is 14.8 Å². The van der Waals surface area contributed by atoms with Crippen LogP contribution >= 0.6 is 0 Å². The Morgan fingerprint density at radius 2 is 2.00 bits per heavy atom. The Kier molecular flexibility index (Phi) is 3.42. The molecule has 2 N–H and O–H groups in total. The summed E-state index contributed by atoms with van der Waals surface area (Å²) in [5.74, 6) is 0.795. The van der Waals surface area contributed by atoms with Gasteiger partial charge in [-0.2, -0.15) is 0 Å². The van der Waals surface area contributed by atoms with E-state index >= 15 is 0 Å². The second-order valence-corrected chi connectivity index (χ2v) is 5.48. The molecule has 1 aliphatic rings. The van der Waals surface area contributed by atoms with Crippen LogP contribution in [0, 0.1) is 0 Å². The molecule has 0 aliphatic heterocycles. The first-order chi connectivity index (χ1) is 9.27. The third-order valence-electron chi connectivity index (χ3n) is 4.00. The molecule has 0 bridgehead atoms. The molecule has 1 aliphatic carbocycles. The fraction of sp³-hybridized carbons (Fsp3) is 0.533. The Morgan fingerprint density at radius 3 is 2.79 bits per heavy atom. The van der Waals surface area contributed by atoms with Gasteiger partial charge in [0.15, 0.2) is 0 Å². The zero-order chi connectivity index (χ0) is 13.1. The van der Waals surface area contributed by atoms with Crippen molar-refractivity contribution in [3.8, 4) is 0 Å². The predicted octanol–water partition coefficient (Wildman–Crippen LogP) is 3.33. The van der Waals surface area contributed by atoms with Crippen LogP contribution < -0.4 is 5.32 Å². The van der Waals surface area contributed by atoms with Gasteiger partial charge in [-0.05, 0) is 25.0 Å². The number of aromatic nitrogens is 1. The average molecular weight is 260 g/mol. The molecule has 2 aromatic heterocycles. The number of fused-ring (bicyclic) bond motifs is 1. The number of anilines is 1. The van der Waals surface area contributed by atoms with E-state index in [1.54, 1.807) is 12.5 Å². The fourth-order valence-electron chi connectivity index (χ4n) is 2.85. The lowest BCUT2D eigenvalue weighted by Crippen LogP contribution is -2.36. The van der Waals surface area contributed by atoms with Crippen molar-refractivity contribution in [1.82, 2.24) is 4.98 Å². The van der Waals surface area contributed by atoms with Crippen molar-refractivity contribution in [3.63, 3.8) is 0 Å². The smallest absolute Gasteiger partial charge is 0.139 e. The summed E-state index contributed by atoms with van der Waals surface area (Å²) in [4.78, 5) is 4.34. The minimum absolute atomic E-state index is 0.560. The van der Waals surface area contributed by atoms with E-state index in [9.17, 15) is 5.11 Å². The molecule has 4 nitrogen and oxygen atoms in total. The van der Waals surface area contributed by atoms with Crippen LogP contribution in [0.2, 0.25) is 0 Å². The molecule has 19 heavy (non-hydrogen) atoms. The molecule has 0 unspecified atom stereocenters. The molecule has 2 aromatic rings. The molecule has 102 valence electrons.